The number of carbonyl (C=O) groups is 1. The summed E-state index contributed by atoms with van der Waals surface area (Å²) in [6.45, 7) is 0.469. The summed E-state index contributed by atoms with van der Waals surface area (Å²) in [6.07, 6.45) is -4.40. The second-order valence-electron chi connectivity index (χ2n) is 5.91. The molecule has 25 heavy (non-hydrogen) atoms. The Labute approximate surface area is 142 Å². The Balaban J connectivity index is 1.78. The third-order valence-corrected chi connectivity index (χ3v) is 6.47. The van der Waals surface area contributed by atoms with Gasteiger partial charge in [-0.3, -0.25) is 4.79 Å². The van der Waals surface area contributed by atoms with Gasteiger partial charge >= 0.3 is 6.36 Å². The largest absolute Gasteiger partial charge is 0.573 e. The lowest BCUT2D eigenvalue weighted by Crippen LogP contribution is -2.60. The zero-order valence-corrected chi connectivity index (χ0v) is 13.8. The van der Waals surface area contributed by atoms with E-state index in [0.29, 0.717) is 13.0 Å². The van der Waals surface area contributed by atoms with Crippen molar-refractivity contribution < 1.29 is 35.9 Å². The van der Waals surface area contributed by atoms with Gasteiger partial charge in [-0.1, -0.05) is 0 Å². The van der Waals surface area contributed by atoms with Gasteiger partial charge in [0.2, 0.25) is 0 Å². The van der Waals surface area contributed by atoms with E-state index in [-0.39, 0.29) is 24.5 Å². The molecule has 0 aromatic heterocycles. The van der Waals surface area contributed by atoms with Crippen LogP contribution in [0.1, 0.15) is 16.8 Å². The van der Waals surface area contributed by atoms with Gasteiger partial charge in [0, 0.05) is 18.7 Å². The molecule has 0 spiro atoms. The van der Waals surface area contributed by atoms with Crippen LogP contribution in [0, 0.1) is 0 Å². The molecule has 1 aromatic carbocycles. The first kappa shape index (κ1) is 18.0. The van der Waals surface area contributed by atoms with Gasteiger partial charge in [0.05, 0.1) is 18.4 Å². The lowest BCUT2D eigenvalue weighted by Gasteiger charge is -2.43. The van der Waals surface area contributed by atoms with Crippen LogP contribution in [0.2, 0.25) is 0 Å². The summed E-state index contributed by atoms with van der Waals surface area (Å²) in [6, 6.07) is 4.11. The molecule has 2 atom stereocenters. The van der Waals surface area contributed by atoms with Crippen molar-refractivity contribution in [2.45, 2.75) is 24.1 Å². The lowest BCUT2D eigenvalue weighted by molar-refractivity contribution is -0.274. The van der Waals surface area contributed by atoms with E-state index in [1.165, 1.54) is 17.0 Å². The molecule has 1 aromatic rings. The van der Waals surface area contributed by atoms with Gasteiger partial charge < -0.3 is 14.4 Å². The zero-order chi connectivity index (χ0) is 18.2. The number of carbonyl (C=O) groups excluding carboxylic acids is 1. The minimum Gasteiger partial charge on any atom is -0.406 e. The van der Waals surface area contributed by atoms with E-state index >= 15 is 0 Å². The van der Waals surface area contributed by atoms with Crippen LogP contribution < -0.4 is 4.74 Å². The average molecular weight is 379 g/mol. The van der Waals surface area contributed by atoms with Crippen LogP contribution in [0.5, 0.6) is 5.75 Å². The molecule has 2 heterocycles. The highest BCUT2D eigenvalue weighted by Crippen LogP contribution is 2.28. The first-order valence-electron chi connectivity index (χ1n) is 7.63. The molecule has 3 rings (SSSR count). The predicted octanol–water partition coefficient (Wildman–Crippen LogP) is 1.61. The van der Waals surface area contributed by atoms with E-state index in [9.17, 15) is 26.4 Å². The third-order valence-electron chi connectivity index (χ3n) is 4.34. The smallest absolute Gasteiger partial charge is 0.406 e. The summed E-state index contributed by atoms with van der Waals surface area (Å²) < 4.78 is 69.9. The first-order valence-corrected chi connectivity index (χ1v) is 9.35. The molecule has 0 unspecified atom stereocenters. The number of sulfone groups is 1. The van der Waals surface area contributed by atoms with Crippen molar-refractivity contribution >= 4 is 15.7 Å². The Morgan fingerprint density at radius 1 is 1.24 bits per heavy atom. The molecule has 10 heteroatoms. The Hall–Kier alpha value is -1.81. The molecule has 2 aliphatic heterocycles. The number of hydrogen-bond donors (Lipinski definition) is 0. The van der Waals surface area contributed by atoms with Crippen LogP contribution in [0.15, 0.2) is 24.3 Å². The molecular weight excluding hydrogens is 363 g/mol. The fourth-order valence-corrected chi connectivity index (χ4v) is 4.98. The van der Waals surface area contributed by atoms with Gasteiger partial charge in [-0.05, 0) is 30.7 Å². The summed E-state index contributed by atoms with van der Waals surface area (Å²) in [5, 5.41) is -0.758. The van der Waals surface area contributed by atoms with Crippen LogP contribution >= 0.6 is 0 Å². The number of amides is 1. The predicted molar refractivity (Wildman–Crippen MR) is 81.0 cm³/mol. The highest BCUT2D eigenvalue weighted by molar-refractivity contribution is 7.92. The van der Waals surface area contributed by atoms with Crippen molar-refractivity contribution in [1.82, 2.24) is 4.90 Å². The number of fused-ring (bicyclic) bond motifs is 1. The third kappa shape index (κ3) is 3.90. The van der Waals surface area contributed by atoms with Crippen LogP contribution in [0.25, 0.3) is 0 Å². The standard InChI is InChI=1S/C15H16F3NO5S/c16-15(17,18)24-11-3-1-10(2-4-11)14(20)19-6-8-25(21,22)13-9-23-7-5-12(13)19/h1-4,12-13H,5-9H2/t12-,13+/m0/s1. The topological polar surface area (TPSA) is 72.9 Å². The Kier molecular flexibility index (Phi) is 4.67. The summed E-state index contributed by atoms with van der Waals surface area (Å²) >= 11 is 0. The van der Waals surface area contributed by atoms with Crippen molar-refractivity contribution in [1.29, 1.82) is 0 Å². The van der Waals surface area contributed by atoms with Crippen molar-refractivity contribution in [3.8, 4) is 5.75 Å². The summed E-state index contributed by atoms with van der Waals surface area (Å²) in [7, 11) is -3.32. The Bertz CT molecular complexity index is 747. The SMILES string of the molecule is O=C(c1ccc(OC(F)(F)F)cc1)N1CCS(=O)(=O)[C@@H]2COCC[C@@H]21. The minimum absolute atomic E-state index is 0.0507. The van der Waals surface area contributed by atoms with Gasteiger partial charge in [0.15, 0.2) is 9.84 Å². The molecule has 0 N–H and O–H groups in total. The molecule has 0 radical (unpaired) electrons. The molecule has 2 fully saturated rings. The van der Waals surface area contributed by atoms with Gasteiger partial charge in [-0.25, -0.2) is 8.42 Å². The number of ether oxygens (including phenoxy) is 2. The second-order valence-corrected chi connectivity index (χ2v) is 8.25. The number of rotatable bonds is 2. The number of alkyl halides is 3. The Morgan fingerprint density at radius 3 is 2.56 bits per heavy atom. The van der Waals surface area contributed by atoms with Crippen molar-refractivity contribution in [3.05, 3.63) is 29.8 Å². The normalized spacial score (nSPS) is 26.0. The maximum absolute atomic E-state index is 12.7. The van der Waals surface area contributed by atoms with E-state index in [4.69, 9.17) is 4.74 Å². The molecule has 6 nitrogen and oxygen atoms in total. The van der Waals surface area contributed by atoms with Crippen LogP contribution in [0.3, 0.4) is 0 Å². The van der Waals surface area contributed by atoms with E-state index in [1.807, 2.05) is 0 Å². The monoisotopic (exact) mass is 379 g/mol. The molecule has 2 aliphatic rings. The van der Waals surface area contributed by atoms with Crippen LogP contribution in [-0.4, -0.2) is 62.4 Å². The number of halogens is 3. The Morgan fingerprint density at radius 2 is 1.92 bits per heavy atom. The molecule has 2 saturated heterocycles. The van der Waals surface area contributed by atoms with Gasteiger partial charge in [-0.15, -0.1) is 13.2 Å². The maximum atomic E-state index is 12.7. The summed E-state index contributed by atoms with van der Waals surface area (Å²) in [5.41, 5.74) is 0.180. The first-order chi connectivity index (χ1) is 11.7. The van der Waals surface area contributed by atoms with E-state index in [1.54, 1.807) is 0 Å². The van der Waals surface area contributed by atoms with E-state index in [2.05, 4.69) is 4.74 Å². The zero-order valence-electron chi connectivity index (χ0n) is 13.0. The molecule has 0 bridgehead atoms. The average Bonchev–Trinajstić information content (AvgIpc) is 2.54. The quantitative estimate of drug-likeness (QED) is 0.781. The lowest BCUT2D eigenvalue weighted by atomic mass is 10.0. The van der Waals surface area contributed by atoms with Gasteiger partial charge in [0.1, 0.15) is 11.0 Å². The summed E-state index contributed by atoms with van der Waals surface area (Å²) in [5.74, 6) is -0.988. The van der Waals surface area contributed by atoms with Crippen LogP contribution in [0.4, 0.5) is 13.2 Å². The number of hydrogen-bond acceptors (Lipinski definition) is 5. The highest BCUT2D eigenvalue weighted by atomic mass is 32.2. The van der Waals surface area contributed by atoms with Gasteiger partial charge in [0.25, 0.3) is 5.91 Å². The molecule has 0 saturated carbocycles. The fraction of sp³-hybridized carbons (Fsp3) is 0.533. The molecule has 0 aliphatic carbocycles. The van der Waals surface area contributed by atoms with Gasteiger partial charge in [-0.2, -0.15) is 0 Å². The highest BCUT2D eigenvalue weighted by Gasteiger charge is 2.45. The minimum atomic E-state index is -4.80. The van der Waals surface area contributed by atoms with E-state index < -0.39 is 39.1 Å². The van der Waals surface area contributed by atoms with Crippen LogP contribution in [-0.2, 0) is 14.6 Å². The van der Waals surface area contributed by atoms with Crippen molar-refractivity contribution in [3.63, 3.8) is 0 Å². The van der Waals surface area contributed by atoms with Crippen molar-refractivity contribution in [2.24, 2.45) is 0 Å². The van der Waals surface area contributed by atoms with Crippen molar-refractivity contribution in [2.75, 3.05) is 25.5 Å². The molecule has 138 valence electrons. The maximum Gasteiger partial charge on any atom is 0.573 e. The summed E-state index contributed by atoms with van der Waals surface area (Å²) in [4.78, 5) is 14.2. The van der Waals surface area contributed by atoms with E-state index in [0.717, 1.165) is 12.1 Å². The second kappa shape index (κ2) is 6.49. The molecular formula is C15H16F3NO5S. The number of benzene rings is 1. The number of nitrogens with zero attached hydrogens (tertiary/aromatic N) is 1. The fourth-order valence-electron chi connectivity index (χ4n) is 3.16. The molecule has 1 amide bonds.